The predicted octanol–water partition coefficient (Wildman–Crippen LogP) is 4.87. The molecule has 0 unspecified atom stereocenters. The summed E-state index contributed by atoms with van der Waals surface area (Å²) < 4.78 is 5.53. The molecule has 3 nitrogen and oxygen atoms in total. The molecule has 1 fully saturated rings. The molecule has 26 heavy (non-hydrogen) atoms. The van der Waals surface area contributed by atoms with Crippen LogP contribution in [0.2, 0.25) is 10.0 Å². The Kier molecular flexibility index (Phi) is 6.36. The minimum atomic E-state index is -0.141. The van der Waals surface area contributed by atoms with Crippen LogP contribution in [-0.4, -0.2) is 25.7 Å². The molecule has 0 bridgehead atoms. The zero-order chi connectivity index (χ0) is 18.4. The first-order valence-corrected chi connectivity index (χ1v) is 9.39. The highest BCUT2D eigenvalue weighted by Gasteiger charge is 2.34. The van der Waals surface area contributed by atoms with Gasteiger partial charge in [-0.15, -0.1) is 0 Å². The summed E-state index contributed by atoms with van der Waals surface area (Å²) in [6, 6.07) is 15.5. The second kappa shape index (κ2) is 8.72. The maximum absolute atomic E-state index is 12.3. The predicted molar refractivity (Wildman–Crippen MR) is 107 cm³/mol. The number of rotatable bonds is 5. The van der Waals surface area contributed by atoms with Crippen LogP contribution in [0.4, 0.5) is 0 Å². The molecule has 1 amide bonds. The van der Waals surface area contributed by atoms with Crippen LogP contribution in [0.25, 0.3) is 6.08 Å². The summed E-state index contributed by atoms with van der Waals surface area (Å²) in [6.45, 7) is 2.00. The molecule has 5 heteroatoms. The third-order valence-electron chi connectivity index (χ3n) is 4.81. The molecule has 1 heterocycles. The second-order valence-corrected chi connectivity index (χ2v) is 7.32. The Morgan fingerprint density at radius 1 is 1.12 bits per heavy atom. The fourth-order valence-corrected chi connectivity index (χ4v) is 3.71. The molecule has 2 aromatic rings. The standard InChI is InChI=1S/C21H21Cl2NO2/c22-18-8-6-16(19(23)14-18)7-9-20(25)24-15-21(10-12-26-13-11-21)17-4-2-1-3-5-17/h1-9,14H,10-13,15H2,(H,24,25)/b9-7+. The Bertz CT molecular complexity index is 784. The van der Waals surface area contributed by atoms with Gasteiger partial charge in [-0.2, -0.15) is 0 Å². The molecular formula is C21H21Cl2NO2. The molecule has 0 radical (unpaired) electrons. The summed E-state index contributed by atoms with van der Waals surface area (Å²) >= 11 is 12.0. The highest BCUT2D eigenvalue weighted by Crippen LogP contribution is 2.34. The number of amides is 1. The van der Waals surface area contributed by atoms with Gasteiger partial charge >= 0.3 is 0 Å². The van der Waals surface area contributed by atoms with Crippen LogP contribution in [0.1, 0.15) is 24.0 Å². The van der Waals surface area contributed by atoms with Crippen molar-refractivity contribution in [1.82, 2.24) is 5.32 Å². The van der Waals surface area contributed by atoms with Crippen molar-refractivity contribution in [3.63, 3.8) is 0 Å². The number of hydrogen-bond acceptors (Lipinski definition) is 2. The summed E-state index contributed by atoms with van der Waals surface area (Å²) in [5.41, 5.74) is 1.92. The van der Waals surface area contributed by atoms with Crippen LogP contribution >= 0.6 is 23.2 Å². The fraction of sp³-hybridized carbons (Fsp3) is 0.286. The average molecular weight is 390 g/mol. The van der Waals surface area contributed by atoms with E-state index >= 15 is 0 Å². The smallest absolute Gasteiger partial charge is 0.244 e. The molecule has 1 aliphatic heterocycles. The molecule has 0 aromatic heterocycles. The van der Waals surface area contributed by atoms with Gasteiger partial charge in [-0.3, -0.25) is 4.79 Å². The monoisotopic (exact) mass is 389 g/mol. The lowest BCUT2D eigenvalue weighted by Crippen LogP contribution is -2.44. The Balaban J connectivity index is 1.67. The van der Waals surface area contributed by atoms with E-state index in [0.29, 0.717) is 29.8 Å². The zero-order valence-electron chi connectivity index (χ0n) is 14.4. The van der Waals surface area contributed by atoms with Gasteiger partial charge in [0.05, 0.1) is 0 Å². The lowest BCUT2D eigenvalue weighted by molar-refractivity contribution is -0.116. The maximum Gasteiger partial charge on any atom is 0.244 e. The van der Waals surface area contributed by atoms with Gasteiger partial charge in [-0.05, 0) is 42.2 Å². The van der Waals surface area contributed by atoms with E-state index in [-0.39, 0.29) is 11.3 Å². The molecule has 0 saturated carbocycles. The fourth-order valence-electron chi connectivity index (χ4n) is 3.24. The van der Waals surface area contributed by atoms with Crippen LogP contribution in [0.15, 0.2) is 54.6 Å². The highest BCUT2D eigenvalue weighted by atomic mass is 35.5. The quantitative estimate of drug-likeness (QED) is 0.740. The van der Waals surface area contributed by atoms with Crippen LogP contribution in [0.5, 0.6) is 0 Å². The topological polar surface area (TPSA) is 38.3 Å². The van der Waals surface area contributed by atoms with Gasteiger partial charge in [-0.25, -0.2) is 0 Å². The van der Waals surface area contributed by atoms with Crippen molar-refractivity contribution in [2.45, 2.75) is 18.3 Å². The number of benzene rings is 2. The molecule has 0 spiro atoms. The van der Waals surface area contributed by atoms with Crippen LogP contribution in [0.3, 0.4) is 0 Å². The highest BCUT2D eigenvalue weighted by molar-refractivity contribution is 6.35. The first kappa shape index (κ1) is 19.0. The minimum Gasteiger partial charge on any atom is -0.381 e. The third kappa shape index (κ3) is 4.67. The lowest BCUT2D eigenvalue weighted by atomic mass is 9.74. The van der Waals surface area contributed by atoms with Crippen LogP contribution in [-0.2, 0) is 14.9 Å². The first-order chi connectivity index (χ1) is 12.6. The van der Waals surface area contributed by atoms with Gasteiger partial charge in [0.1, 0.15) is 0 Å². The number of halogens is 2. The van der Waals surface area contributed by atoms with Crippen molar-refractivity contribution in [2.24, 2.45) is 0 Å². The van der Waals surface area contributed by atoms with Crippen LogP contribution in [0, 0.1) is 0 Å². The second-order valence-electron chi connectivity index (χ2n) is 6.48. The SMILES string of the molecule is O=C(/C=C/c1ccc(Cl)cc1Cl)NCC1(c2ccccc2)CCOCC1. The van der Waals surface area contributed by atoms with Crippen molar-refractivity contribution < 1.29 is 9.53 Å². The summed E-state index contributed by atoms with van der Waals surface area (Å²) in [5.74, 6) is -0.141. The largest absolute Gasteiger partial charge is 0.381 e. The van der Waals surface area contributed by atoms with Crippen molar-refractivity contribution in [3.8, 4) is 0 Å². The van der Waals surface area contributed by atoms with E-state index in [1.165, 1.54) is 11.6 Å². The molecule has 3 rings (SSSR count). The summed E-state index contributed by atoms with van der Waals surface area (Å²) in [7, 11) is 0. The number of carbonyl (C=O) groups is 1. The Labute approximate surface area is 164 Å². The molecule has 1 N–H and O–H groups in total. The summed E-state index contributed by atoms with van der Waals surface area (Å²) in [4.78, 5) is 12.3. The number of carbonyl (C=O) groups excluding carboxylic acids is 1. The van der Waals surface area contributed by atoms with Gasteiger partial charge in [0.2, 0.25) is 5.91 Å². The third-order valence-corrected chi connectivity index (χ3v) is 5.38. The van der Waals surface area contributed by atoms with Crippen molar-refractivity contribution >= 4 is 35.2 Å². The normalized spacial score (nSPS) is 16.5. The van der Waals surface area contributed by atoms with Gasteiger partial charge < -0.3 is 10.1 Å². The molecular weight excluding hydrogens is 369 g/mol. The number of hydrogen-bond donors (Lipinski definition) is 1. The number of ether oxygens (including phenoxy) is 1. The van der Waals surface area contributed by atoms with E-state index in [4.69, 9.17) is 27.9 Å². The molecule has 2 aromatic carbocycles. The zero-order valence-corrected chi connectivity index (χ0v) is 15.9. The lowest BCUT2D eigenvalue weighted by Gasteiger charge is -2.37. The molecule has 0 aliphatic carbocycles. The Morgan fingerprint density at radius 3 is 2.54 bits per heavy atom. The molecule has 0 atom stereocenters. The van der Waals surface area contributed by atoms with Gasteiger partial charge in [0.15, 0.2) is 0 Å². The van der Waals surface area contributed by atoms with E-state index in [1.54, 1.807) is 24.3 Å². The Hall–Kier alpha value is -1.81. The van der Waals surface area contributed by atoms with E-state index in [2.05, 4.69) is 17.4 Å². The minimum absolute atomic E-state index is 0.0824. The summed E-state index contributed by atoms with van der Waals surface area (Å²) in [6.07, 6.45) is 4.99. The van der Waals surface area contributed by atoms with Gasteiger partial charge in [0.25, 0.3) is 0 Å². The Morgan fingerprint density at radius 2 is 1.85 bits per heavy atom. The van der Waals surface area contributed by atoms with Crippen LogP contribution < -0.4 is 5.32 Å². The van der Waals surface area contributed by atoms with E-state index in [9.17, 15) is 4.79 Å². The van der Waals surface area contributed by atoms with Crippen molar-refractivity contribution in [3.05, 3.63) is 75.8 Å². The van der Waals surface area contributed by atoms with E-state index in [1.807, 2.05) is 18.2 Å². The molecule has 136 valence electrons. The van der Waals surface area contributed by atoms with Crippen molar-refractivity contribution in [2.75, 3.05) is 19.8 Å². The number of nitrogens with one attached hydrogen (secondary N) is 1. The van der Waals surface area contributed by atoms with E-state index < -0.39 is 0 Å². The van der Waals surface area contributed by atoms with Gasteiger partial charge in [0, 0.05) is 41.3 Å². The van der Waals surface area contributed by atoms with E-state index in [0.717, 1.165) is 18.4 Å². The summed E-state index contributed by atoms with van der Waals surface area (Å²) in [5, 5.41) is 4.13. The van der Waals surface area contributed by atoms with Crippen molar-refractivity contribution in [1.29, 1.82) is 0 Å². The van der Waals surface area contributed by atoms with Gasteiger partial charge in [-0.1, -0.05) is 59.6 Å². The first-order valence-electron chi connectivity index (χ1n) is 8.63. The average Bonchev–Trinajstić information content (AvgIpc) is 2.67. The maximum atomic E-state index is 12.3. The molecule has 1 aliphatic rings. The molecule has 1 saturated heterocycles.